The average molecular weight is 441 g/mol. The number of rotatable bonds is 24. The summed E-state index contributed by atoms with van der Waals surface area (Å²) in [5.74, 6) is -0.278. The first-order valence-corrected chi connectivity index (χ1v) is 13.3. The molecule has 184 valence electrons. The fourth-order valence-electron chi connectivity index (χ4n) is 3.71. The van der Waals surface area contributed by atoms with E-state index in [-0.39, 0.29) is 19.2 Å². The summed E-state index contributed by atoms with van der Waals surface area (Å²) in [6.45, 7) is 1.80. The van der Waals surface area contributed by atoms with Crippen LogP contribution in [0.5, 0.6) is 0 Å². The molecular formula is C27H52O4. The van der Waals surface area contributed by atoms with Crippen LogP contribution in [0.4, 0.5) is 0 Å². The molecule has 0 rings (SSSR count). The highest BCUT2D eigenvalue weighted by Gasteiger charge is 2.07. The van der Waals surface area contributed by atoms with E-state index in [0.29, 0.717) is 6.42 Å². The standard InChI is InChI=1S/C27H52O4/c1-2-3-4-5-6-7-8-9-10-11-12-13-14-15-16-17-18-19-20-21-22-23-27(30)31-25-26(29)24-28/h11-12,26,28-29H,2-10,13-25H2,1H3/b12-11-. The zero-order valence-corrected chi connectivity index (χ0v) is 20.5. The summed E-state index contributed by atoms with van der Waals surface area (Å²) in [4.78, 5) is 11.4. The first-order chi connectivity index (χ1) is 15.2. The van der Waals surface area contributed by atoms with E-state index in [9.17, 15) is 4.79 Å². The van der Waals surface area contributed by atoms with Crippen LogP contribution in [0.1, 0.15) is 135 Å². The molecule has 0 aliphatic carbocycles. The van der Waals surface area contributed by atoms with E-state index in [1.807, 2.05) is 0 Å². The molecule has 4 heteroatoms. The second-order valence-corrected chi connectivity index (χ2v) is 8.98. The van der Waals surface area contributed by atoms with Gasteiger partial charge in [0.05, 0.1) is 6.61 Å². The molecule has 0 saturated carbocycles. The minimum Gasteiger partial charge on any atom is -0.463 e. The van der Waals surface area contributed by atoms with Gasteiger partial charge in [0.15, 0.2) is 0 Å². The van der Waals surface area contributed by atoms with Crippen molar-refractivity contribution in [2.45, 2.75) is 141 Å². The fraction of sp³-hybridized carbons (Fsp3) is 0.889. The molecule has 2 N–H and O–H groups in total. The Hall–Kier alpha value is -0.870. The SMILES string of the molecule is CCCCCCCCCC/C=C\CCCCCCCCCCCC(=O)OCC(O)CO. The second kappa shape index (κ2) is 25.4. The maximum Gasteiger partial charge on any atom is 0.305 e. The molecule has 0 aromatic heterocycles. The van der Waals surface area contributed by atoms with Gasteiger partial charge in [0, 0.05) is 6.42 Å². The van der Waals surface area contributed by atoms with Gasteiger partial charge in [-0.2, -0.15) is 0 Å². The summed E-state index contributed by atoms with van der Waals surface area (Å²) in [6, 6.07) is 0. The first-order valence-electron chi connectivity index (χ1n) is 13.3. The third-order valence-corrected chi connectivity index (χ3v) is 5.79. The Morgan fingerprint density at radius 2 is 1.13 bits per heavy atom. The molecule has 0 aliphatic heterocycles. The lowest BCUT2D eigenvalue weighted by Crippen LogP contribution is -2.21. The van der Waals surface area contributed by atoms with E-state index in [1.165, 1.54) is 109 Å². The largest absolute Gasteiger partial charge is 0.463 e. The van der Waals surface area contributed by atoms with E-state index in [2.05, 4.69) is 19.1 Å². The molecule has 0 heterocycles. The van der Waals surface area contributed by atoms with Crippen LogP contribution in [-0.4, -0.2) is 35.5 Å². The van der Waals surface area contributed by atoms with Gasteiger partial charge in [0.25, 0.3) is 0 Å². The number of carbonyl (C=O) groups excluding carboxylic acids is 1. The lowest BCUT2D eigenvalue weighted by molar-refractivity contribution is -0.147. The van der Waals surface area contributed by atoms with Gasteiger partial charge in [-0.1, -0.05) is 109 Å². The molecule has 0 aromatic carbocycles. The highest BCUT2D eigenvalue weighted by atomic mass is 16.5. The van der Waals surface area contributed by atoms with E-state index >= 15 is 0 Å². The first kappa shape index (κ1) is 30.1. The number of allylic oxidation sites excluding steroid dienone is 2. The smallest absolute Gasteiger partial charge is 0.305 e. The molecule has 0 spiro atoms. The van der Waals surface area contributed by atoms with Crippen molar-refractivity contribution in [1.82, 2.24) is 0 Å². The molecular weight excluding hydrogens is 388 g/mol. The van der Waals surface area contributed by atoms with Crippen LogP contribution >= 0.6 is 0 Å². The fourth-order valence-corrected chi connectivity index (χ4v) is 3.71. The Balaban J connectivity index is 3.18. The molecule has 0 fully saturated rings. The highest BCUT2D eigenvalue weighted by Crippen LogP contribution is 2.13. The molecule has 0 saturated heterocycles. The van der Waals surface area contributed by atoms with Crippen molar-refractivity contribution in [2.75, 3.05) is 13.2 Å². The zero-order chi connectivity index (χ0) is 22.8. The lowest BCUT2D eigenvalue weighted by Gasteiger charge is -2.08. The maximum atomic E-state index is 11.4. The molecule has 4 nitrogen and oxygen atoms in total. The average Bonchev–Trinajstić information content (AvgIpc) is 2.78. The van der Waals surface area contributed by atoms with Crippen LogP contribution < -0.4 is 0 Å². The van der Waals surface area contributed by atoms with Crippen molar-refractivity contribution in [3.05, 3.63) is 12.2 Å². The Morgan fingerprint density at radius 1 is 0.710 bits per heavy atom. The van der Waals surface area contributed by atoms with Gasteiger partial charge in [0.2, 0.25) is 0 Å². The molecule has 31 heavy (non-hydrogen) atoms. The monoisotopic (exact) mass is 440 g/mol. The summed E-state index contributed by atoms with van der Waals surface area (Å²) in [6.07, 6.45) is 28.9. The Morgan fingerprint density at radius 3 is 1.58 bits per heavy atom. The van der Waals surface area contributed by atoms with Gasteiger partial charge in [-0.25, -0.2) is 0 Å². The Bertz CT molecular complexity index is 395. The van der Waals surface area contributed by atoms with Crippen LogP contribution in [-0.2, 0) is 9.53 Å². The van der Waals surface area contributed by atoms with Crippen LogP contribution in [0, 0.1) is 0 Å². The van der Waals surface area contributed by atoms with Crippen molar-refractivity contribution < 1.29 is 19.7 Å². The van der Waals surface area contributed by atoms with Gasteiger partial charge in [-0.15, -0.1) is 0 Å². The van der Waals surface area contributed by atoms with Gasteiger partial charge in [-0.3, -0.25) is 4.79 Å². The van der Waals surface area contributed by atoms with E-state index in [0.717, 1.165) is 12.8 Å². The van der Waals surface area contributed by atoms with E-state index < -0.39 is 6.10 Å². The van der Waals surface area contributed by atoms with Crippen LogP contribution in [0.15, 0.2) is 12.2 Å². The summed E-state index contributed by atoms with van der Waals surface area (Å²) in [7, 11) is 0. The minimum atomic E-state index is -0.959. The van der Waals surface area contributed by atoms with Crippen LogP contribution in [0.3, 0.4) is 0 Å². The molecule has 0 radical (unpaired) electrons. The maximum absolute atomic E-state index is 11.4. The number of ether oxygens (including phenoxy) is 1. The third kappa shape index (κ3) is 25.3. The zero-order valence-electron chi connectivity index (χ0n) is 20.5. The van der Waals surface area contributed by atoms with Crippen LogP contribution in [0.25, 0.3) is 0 Å². The van der Waals surface area contributed by atoms with Crippen molar-refractivity contribution in [3.63, 3.8) is 0 Å². The number of unbranched alkanes of at least 4 members (excludes halogenated alkanes) is 17. The third-order valence-electron chi connectivity index (χ3n) is 5.79. The number of aliphatic hydroxyl groups excluding tert-OH is 2. The number of hydrogen-bond acceptors (Lipinski definition) is 4. The van der Waals surface area contributed by atoms with Gasteiger partial charge < -0.3 is 14.9 Å². The predicted molar refractivity (Wildman–Crippen MR) is 131 cm³/mol. The predicted octanol–water partition coefficient (Wildman–Crippen LogP) is 7.26. The normalized spacial score (nSPS) is 12.5. The number of aliphatic hydroxyl groups is 2. The Labute approximate surface area is 192 Å². The number of carbonyl (C=O) groups is 1. The summed E-state index contributed by atoms with van der Waals surface area (Å²) in [5.41, 5.74) is 0. The molecule has 0 aromatic rings. The van der Waals surface area contributed by atoms with E-state index in [1.54, 1.807) is 0 Å². The number of hydrogen-bond donors (Lipinski definition) is 2. The van der Waals surface area contributed by atoms with Crippen LogP contribution in [0.2, 0.25) is 0 Å². The quantitative estimate of drug-likeness (QED) is 0.0941. The lowest BCUT2D eigenvalue weighted by atomic mass is 10.1. The number of esters is 1. The van der Waals surface area contributed by atoms with Crippen molar-refractivity contribution in [3.8, 4) is 0 Å². The molecule has 0 bridgehead atoms. The van der Waals surface area contributed by atoms with Crippen molar-refractivity contribution in [2.24, 2.45) is 0 Å². The Kier molecular flexibility index (Phi) is 24.7. The van der Waals surface area contributed by atoms with Gasteiger partial charge in [0.1, 0.15) is 12.7 Å². The van der Waals surface area contributed by atoms with Gasteiger partial charge >= 0.3 is 5.97 Å². The summed E-state index contributed by atoms with van der Waals surface area (Å²) < 4.78 is 4.88. The molecule has 0 aliphatic rings. The summed E-state index contributed by atoms with van der Waals surface area (Å²) in [5, 5.41) is 17.8. The van der Waals surface area contributed by atoms with Crippen molar-refractivity contribution >= 4 is 5.97 Å². The molecule has 1 atom stereocenters. The van der Waals surface area contributed by atoms with E-state index in [4.69, 9.17) is 14.9 Å². The van der Waals surface area contributed by atoms with Gasteiger partial charge in [-0.05, 0) is 32.1 Å². The molecule has 0 amide bonds. The summed E-state index contributed by atoms with van der Waals surface area (Å²) >= 11 is 0. The highest BCUT2D eigenvalue weighted by molar-refractivity contribution is 5.69. The molecule has 1 unspecified atom stereocenters. The topological polar surface area (TPSA) is 66.8 Å². The second-order valence-electron chi connectivity index (χ2n) is 8.98. The minimum absolute atomic E-state index is 0.107. The van der Waals surface area contributed by atoms with Crippen molar-refractivity contribution in [1.29, 1.82) is 0 Å².